The Balaban J connectivity index is 1.69. The van der Waals surface area contributed by atoms with Gasteiger partial charge in [-0.3, -0.25) is 4.79 Å². The van der Waals surface area contributed by atoms with Crippen molar-refractivity contribution < 1.29 is 49.1 Å². The Morgan fingerprint density at radius 2 is 1.76 bits per heavy atom. The highest BCUT2D eigenvalue weighted by atomic mass is 19.4. The van der Waals surface area contributed by atoms with Crippen molar-refractivity contribution in [3.63, 3.8) is 0 Å². The van der Waals surface area contributed by atoms with Crippen LogP contribution >= 0.6 is 0 Å². The van der Waals surface area contributed by atoms with E-state index in [0.717, 1.165) is 18.3 Å². The molecule has 1 heterocycles. The molecule has 5 nitrogen and oxygen atoms in total. The Bertz CT molecular complexity index is 1170. The number of oxazole rings is 1. The summed E-state index contributed by atoms with van der Waals surface area (Å²) in [5.41, 5.74) is -1.90. The lowest BCUT2D eigenvalue weighted by atomic mass is 10.1. The third-order valence-electron chi connectivity index (χ3n) is 4.29. The smallest absolute Gasteiger partial charge is 0.422 e. The number of carbonyl (C=O) groups excluding carboxylic acids is 1. The Morgan fingerprint density at radius 3 is 2.41 bits per heavy atom. The highest BCUT2D eigenvalue weighted by Crippen LogP contribution is 2.36. The summed E-state index contributed by atoms with van der Waals surface area (Å²) in [6.45, 7) is -1.78. The lowest BCUT2D eigenvalue weighted by molar-refractivity contribution is -0.153. The SMILES string of the molecule is O=C(CCc1ncc(-c2ccc(F)cc2F)o1)Nc1cc(C(F)(F)F)ccc1OCC(F)(F)F. The number of ether oxygens (including phenoxy) is 1. The summed E-state index contributed by atoms with van der Waals surface area (Å²) < 4.78 is 113. The minimum atomic E-state index is -4.81. The molecule has 0 unspecified atom stereocenters. The number of hydrogen-bond donors (Lipinski definition) is 1. The lowest BCUT2D eigenvalue weighted by Gasteiger charge is -2.16. The maximum Gasteiger partial charge on any atom is 0.422 e. The fraction of sp³-hybridized carbons (Fsp3) is 0.238. The summed E-state index contributed by atoms with van der Waals surface area (Å²) in [6, 6.07) is 4.40. The monoisotopic (exact) mass is 494 g/mol. The van der Waals surface area contributed by atoms with Crippen LogP contribution in [0, 0.1) is 11.6 Å². The molecule has 0 saturated carbocycles. The number of alkyl halides is 6. The van der Waals surface area contributed by atoms with Crippen molar-refractivity contribution in [3.8, 4) is 17.1 Å². The quantitative estimate of drug-likeness (QED) is 0.400. The van der Waals surface area contributed by atoms with Crippen molar-refractivity contribution in [2.45, 2.75) is 25.2 Å². The molecule has 182 valence electrons. The molecule has 2 aromatic carbocycles. The molecule has 34 heavy (non-hydrogen) atoms. The molecule has 1 N–H and O–H groups in total. The Labute approximate surface area is 186 Å². The zero-order valence-electron chi connectivity index (χ0n) is 16.9. The van der Waals surface area contributed by atoms with Gasteiger partial charge in [0.15, 0.2) is 18.3 Å². The molecular weight excluding hydrogens is 480 g/mol. The maximum atomic E-state index is 13.8. The van der Waals surface area contributed by atoms with E-state index in [9.17, 15) is 39.9 Å². The van der Waals surface area contributed by atoms with Gasteiger partial charge in [-0.05, 0) is 30.3 Å². The van der Waals surface area contributed by atoms with E-state index in [1.165, 1.54) is 0 Å². The number of benzene rings is 2. The molecule has 13 heteroatoms. The van der Waals surface area contributed by atoms with Crippen molar-refractivity contribution in [1.82, 2.24) is 4.98 Å². The number of amides is 1. The predicted molar refractivity (Wildman–Crippen MR) is 102 cm³/mol. The summed E-state index contributed by atoms with van der Waals surface area (Å²) in [7, 11) is 0. The molecule has 3 rings (SSSR count). The van der Waals surface area contributed by atoms with Crippen molar-refractivity contribution >= 4 is 11.6 Å². The second-order valence-corrected chi connectivity index (χ2v) is 6.90. The molecule has 0 bridgehead atoms. The van der Waals surface area contributed by atoms with E-state index in [2.05, 4.69) is 15.0 Å². The van der Waals surface area contributed by atoms with Crippen molar-refractivity contribution in [2.24, 2.45) is 0 Å². The first-order valence-corrected chi connectivity index (χ1v) is 9.42. The number of nitrogens with one attached hydrogen (secondary N) is 1. The van der Waals surface area contributed by atoms with Crippen molar-refractivity contribution in [1.29, 1.82) is 0 Å². The van der Waals surface area contributed by atoms with Gasteiger partial charge in [0.25, 0.3) is 0 Å². The van der Waals surface area contributed by atoms with Crippen LogP contribution in [0.5, 0.6) is 5.75 Å². The van der Waals surface area contributed by atoms with Crippen LogP contribution < -0.4 is 10.1 Å². The van der Waals surface area contributed by atoms with Gasteiger partial charge in [-0.1, -0.05) is 0 Å². The Morgan fingerprint density at radius 1 is 1.03 bits per heavy atom. The van der Waals surface area contributed by atoms with E-state index >= 15 is 0 Å². The van der Waals surface area contributed by atoms with Crippen LogP contribution in [0.4, 0.5) is 40.8 Å². The Kier molecular flexibility index (Phi) is 7.12. The summed E-state index contributed by atoms with van der Waals surface area (Å²) in [5, 5.41) is 2.08. The number of carbonyl (C=O) groups is 1. The van der Waals surface area contributed by atoms with Crippen molar-refractivity contribution in [2.75, 3.05) is 11.9 Å². The van der Waals surface area contributed by atoms with E-state index in [0.29, 0.717) is 24.3 Å². The molecule has 0 atom stereocenters. The standard InChI is InChI=1S/C21H14F8N2O3/c22-12-2-3-13(14(23)8-12)17-9-30-19(34-17)6-5-18(32)31-15-7-11(21(27,28)29)1-4-16(15)33-10-20(24,25)26/h1-4,7-9H,5-6,10H2,(H,31,32). The molecule has 0 spiro atoms. The lowest BCUT2D eigenvalue weighted by Crippen LogP contribution is -2.21. The van der Waals surface area contributed by atoms with E-state index in [1.807, 2.05) is 0 Å². The van der Waals surface area contributed by atoms with E-state index in [-0.39, 0.29) is 30.1 Å². The van der Waals surface area contributed by atoms with Gasteiger partial charge in [-0.25, -0.2) is 13.8 Å². The van der Waals surface area contributed by atoms with Gasteiger partial charge >= 0.3 is 12.4 Å². The van der Waals surface area contributed by atoms with Crippen LogP contribution in [0.15, 0.2) is 47.0 Å². The molecular formula is C21H14F8N2O3. The maximum absolute atomic E-state index is 13.8. The number of aryl methyl sites for hydroxylation is 1. The van der Waals surface area contributed by atoms with Gasteiger partial charge in [0.2, 0.25) is 5.91 Å². The second kappa shape index (κ2) is 9.69. The molecule has 0 radical (unpaired) electrons. The molecule has 0 fully saturated rings. The van der Waals surface area contributed by atoms with Gasteiger partial charge in [0.1, 0.15) is 17.4 Å². The molecule has 1 amide bonds. The first-order chi connectivity index (χ1) is 15.8. The zero-order chi connectivity index (χ0) is 25.1. The van der Waals surface area contributed by atoms with Crippen LogP contribution in [0.1, 0.15) is 17.9 Å². The summed E-state index contributed by atoms with van der Waals surface area (Å²) in [4.78, 5) is 16.1. The third kappa shape index (κ3) is 6.68. The number of hydrogen-bond acceptors (Lipinski definition) is 4. The number of anilines is 1. The minimum absolute atomic E-state index is 0.0357. The molecule has 0 aliphatic carbocycles. The van der Waals surface area contributed by atoms with Gasteiger partial charge < -0.3 is 14.5 Å². The molecule has 0 aliphatic rings. The van der Waals surface area contributed by atoms with Crippen LogP contribution in [0.2, 0.25) is 0 Å². The van der Waals surface area contributed by atoms with Crippen LogP contribution in [-0.4, -0.2) is 23.7 Å². The van der Waals surface area contributed by atoms with Crippen LogP contribution in [0.25, 0.3) is 11.3 Å². The van der Waals surface area contributed by atoms with Crippen LogP contribution in [0.3, 0.4) is 0 Å². The van der Waals surface area contributed by atoms with Gasteiger partial charge in [-0.15, -0.1) is 0 Å². The van der Waals surface area contributed by atoms with Crippen LogP contribution in [-0.2, 0) is 17.4 Å². The van der Waals surface area contributed by atoms with Crippen molar-refractivity contribution in [3.05, 3.63) is 65.7 Å². The predicted octanol–water partition coefficient (Wildman–Crippen LogP) is 6.15. The van der Waals surface area contributed by atoms with Gasteiger partial charge in [0, 0.05) is 18.9 Å². The highest BCUT2D eigenvalue weighted by molar-refractivity contribution is 5.92. The minimum Gasteiger partial charge on any atom is -0.482 e. The van der Waals surface area contributed by atoms with Gasteiger partial charge in [-0.2, -0.15) is 26.3 Å². The fourth-order valence-corrected chi connectivity index (χ4v) is 2.76. The van der Waals surface area contributed by atoms with E-state index in [4.69, 9.17) is 4.42 Å². The Hall–Kier alpha value is -3.64. The first-order valence-electron chi connectivity index (χ1n) is 9.42. The molecule has 1 aromatic heterocycles. The second-order valence-electron chi connectivity index (χ2n) is 6.90. The highest BCUT2D eigenvalue weighted by Gasteiger charge is 2.33. The molecule has 0 saturated heterocycles. The fourth-order valence-electron chi connectivity index (χ4n) is 2.76. The molecule has 0 aliphatic heterocycles. The average molecular weight is 494 g/mol. The number of halogens is 8. The molecule has 3 aromatic rings. The number of nitrogens with zero attached hydrogens (tertiary/aromatic N) is 1. The number of rotatable bonds is 7. The zero-order valence-corrected chi connectivity index (χ0v) is 16.9. The third-order valence-corrected chi connectivity index (χ3v) is 4.29. The van der Waals surface area contributed by atoms with E-state index < -0.39 is 53.5 Å². The normalized spacial score (nSPS) is 12.0. The summed E-state index contributed by atoms with van der Waals surface area (Å²) in [6.07, 6.45) is -8.99. The average Bonchev–Trinajstić information content (AvgIpc) is 3.18. The largest absolute Gasteiger partial charge is 0.482 e. The number of aromatic nitrogens is 1. The topological polar surface area (TPSA) is 64.4 Å². The van der Waals surface area contributed by atoms with E-state index in [1.54, 1.807) is 0 Å². The summed E-state index contributed by atoms with van der Waals surface area (Å²) >= 11 is 0. The first kappa shape index (κ1) is 25.0. The summed E-state index contributed by atoms with van der Waals surface area (Å²) in [5.74, 6) is -3.27. The van der Waals surface area contributed by atoms with Gasteiger partial charge in [0.05, 0.1) is 23.0 Å².